The number of carboxylic acids is 1. The average Bonchev–Trinajstić information content (AvgIpc) is 2.94. The first-order valence-electron chi connectivity index (χ1n) is 5.42. The van der Waals surface area contributed by atoms with Gasteiger partial charge in [-0.3, -0.25) is 4.79 Å². The normalized spacial score (nSPS) is 28.8. The Balaban J connectivity index is 2.45. The molecular formula is C13H16O2. The van der Waals surface area contributed by atoms with E-state index in [-0.39, 0.29) is 0 Å². The predicted molar refractivity (Wildman–Crippen MR) is 58.9 cm³/mol. The molecule has 2 nitrogen and oxygen atoms in total. The molecule has 2 atom stereocenters. The van der Waals surface area contributed by atoms with E-state index < -0.39 is 11.4 Å². The van der Waals surface area contributed by atoms with Crippen LogP contribution in [-0.2, 0) is 10.2 Å². The molecule has 1 aromatic carbocycles. The summed E-state index contributed by atoms with van der Waals surface area (Å²) in [6.07, 6.45) is 1.74. The highest BCUT2D eigenvalue weighted by atomic mass is 16.4. The maximum Gasteiger partial charge on any atom is 0.314 e. The quantitative estimate of drug-likeness (QED) is 0.822. The zero-order valence-corrected chi connectivity index (χ0v) is 9.16. The first-order chi connectivity index (χ1) is 7.13. The second-order valence-electron chi connectivity index (χ2n) is 4.40. The molecule has 0 bridgehead atoms. The van der Waals surface area contributed by atoms with E-state index >= 15 is 0 Å². The molecule has 0 spiro atoms. The molecule has 1 saturated carbocycles. The highest BCUT2D eigenvalue weighted by molar-refractivity contribution is 5.86. The van der Waals surface area contributed by atoms with Crippen LogP contribution in [0.15, 0.2) is 24.3 Å². The maximum atomic E-state index is 11.4. The molecule has 80 valence electrons. The van der Waals surface area contributed by atoms with Crippen LogP contribution in [0.4, 0.5) is 0 Å². The van der Waals surface area contributed by atoms with Gasteiger partial charge in [0.15, 0.2) is 0 Å². The summed E-state index contributed by atoms with van der Waals surface area (Å²) >= 11 is 0. The predicted octanol–water partition coefficient (Wildman–Crippen LogP) is 2.75. The summed E-state index contributed by atoms with van der Waals surface area (Å²) in [5.41, 5.74) is 1.51. The van der Waals surface area contributed by atoms with Gasteiger partial charge in [0.2, 0.25) is 0 Å². The number of hydrogen-bond acceptors (Lipinski definition) is 1. The first-order valence-corrected chi connectivity index (χ1v) is 5.42. The Morgan fingerprint density at radius 1 is 1.53 bits per heavy atom. The Morgan fingerprint density at radius 3 is 2.67 bits per heavy atom. The molecule has 0 radical (unpaired) electrons. The van der Waals surface area contributed by atoms with Gasteiger partial charge in [-0.2, -0.15) is 0 Å². The molecule has 1 aliphatic carbocycles. The smallest absolute Gasteiger partial charge is 0.314 e. The third-order valence-corrected chi connectivity index (χ3v) is 3.61. The van der Waals surface area contributed by atoms with Gasteiger partial charge in [0, 0.05) is 0 Å². The lowest BCUT2D eigenvalue weighted by Crippen LogP contribution is -2.23. The number of carbonyl (C=O) groups is 1. The number of benzene rings is 1. The highest BCUT2D eigenvalue weighted by Gasteiger charge is 2.60. The number of aliphatic carboxylic acids is 1. The van der Waals surface area contributed by atoms with Crippen molar-refractivity contribution in [3.63, 3.8) is 0 Å². The number of hydrogen-bond donors (Lipinski definition) is 1. The van der Waals surface area contributed by atoms with Crippen LogP contribution < -0.4 is 0 Å². The van der Waals surface area contributed by atoms with Gasteiger partial charge < -0.3 is 5.11 Å². The van der Waals surface area contributed by atoms with E-state index in [1.807, 2.05) is 31.2 Å². The third kappa shape index (κ3) is 1.36. The van der Waals surface area contributed by atoms with E-state index in [2.05, 4.69) is 6.92 Å². The van der Waals surface area contributed by atoms with Crippen molar-refractivity contribution in [2.45, 2.75) is 32.1 Å². The average molecular weight is 204 g/mol. The lowest BCUT2D eigenvalue weighted by molar-refractivity contribution is -0.140. The fourth-order valence-electron chi connectivity index (χ4n) is 2.60. The van der Waals surface area contributed by atoms with E-state index in [4.69, 9.17) is 0 Å². The van der Waals surface area contributed by atoms with Crippen molar-refractivity contribution in [1.82, 2.24) is 0 Å². The van der Waals surface area contributed by atoms with Crippen molar-refractivity contribution in [2.24, 2.45) is 5.92 Å². The van der Waals surface area contributed by atoms with Crippen LogP contribution >= 0.6 is 0 Å². The van der Waals surface area contributed by atoms with Crippen LogP contribution in [-0.4, -0.2) is 11.1 Å². The molecule has 0 amide bonds. The summed E-state index contributed by atoms with van der Waals surface area (Å²) in [5, 5.41) is 9.38. The standard InChI is InChI=1S/C13H16O2/c1-3-10-8-13(10,12(14)15)11-7-5-4-6-9(11)2/h4-7,10H,3,8H2,1-2H3,(H,14,15). The molecule has 2 heteroatoms. The van der Waals surface area contributed by atoms with Gasteiger partial charge in [-0.05, 0) is 30.4 Å². The zero-order chi connectivity index (χ0) is 11.1. The summed E-state index contributed by atoms with van der Waals surface area (Å²) in [4.78, 5) is 11.4. The van der Waals surface area contributed by atoms with Crippen molar-refractivity contribution in [3.8, 4) is 0 Å². The molecular weight excluding hydrogens is 188 g/mol. The molecule has 0 aromatic heterocycles. The monoisotopic (exact) mass is 204 g/mol. The second kappa shape index (κ2) is 3.37. The SMILES string of the molecule is CCC1CC1(C(=O)O)c1ccccc1C. The minimum Gasteiger partial charge on any atom is -0.481 e. The molecule has 1 fully saturated rings. The minimum absolute atomic E-state index is 0.316. The summed E-state index contributed by atoms with van der Waals surface area (Å²) < 4.78 is 0. The summed E-state index contributed by atoms with van der Waals surface area (Å²) in [7, 11) is 0. The van der Waals surface area contributed by atoms with Crippen molar-refractivity contribution in [1.29, 1.82) is 0 Å². The van der Waals surface area contributed by atoms with Crippen molar-refractivity contribution < 1.29 is 9.90 Å². The molecule has 0 aliphatic heterocycles. The second-order valence-corrected chi connectivity index (χ2v) is 4.40. The molecule has 0 saturated heterocycles. The minimum atomic E-state index is -0.663. The Labute approximate surface area is 89.9 Å². The van der Waals surface area contributed by atoms with Gasteiger partial charge in [0.25, 0.3) is 0 Å². The molecule has 1 aromatic rings. The van der Waals surface area contributed by atoms with E-state index in [1.54, 1.807) is 0 Å². The summed E-state index contributed by atoms with van der Waals surface area (Å²) in [6.45, 7) is 4.05. The number of rotatable bonds is 3. The number of carboxylic acid groups (broad SMARTS) is 1. The van der Waals surface area contributed by atoms with E-state index in [0.29, 0.717) is 5.92 Å². The van der Waals surface area contributed by atoms with Crippen LogP contribution in [0.25, 0.3) is 0 Å². The van der Waals surface area contributed by atoms with Crippen LogP contribution in [0.3, 0.4) is 0 Å². The van der Waals surface area contributed by atoms with Crippen molar-refractivity contribution in [2.75, 3.05) is 0 Å². The highest BCUT2D eigenvalue weighted by Crippen LogP contribution is 2.56. The number of aryl methyl sites for hydroxylation is 1. The van der Waals surface area contributed by atoms with Crippen LogP contribution in [0, 0.1) is 12.8 Å². The molecule has 0 heterocycles. The van der Waals surface area contributed by atoms with Gasteiger partial charge in [0.05, 0.1) is 5.41 Å². The fraction of sp³-hybridized carbons (Fsp3) is 0.462. The van der Waals surface area contributed by atoms with Gasteiger partial charge in [0.1, 0.15) is 0 Å². The molecule has 1 N–H and O–H groups in total. The Bertz CT molecular complexity index is 397. The molecule has 15 heavy (non-hydrogen) atoms. The topological polar surface area (TPSA) is 37.3 Å². The Kier molecular flexibility index (Phi) is 2.29. The van der Waals surface area contributed by atoms with Crippen molar-refractivity contribution in [3.05, 3.63) is 35.4 Å². The fourth-order valence-corrected chi connectivity index (χ4v) is 2.60. The first kappa shape index (κ1) is 10.2. The van der Waals surface area contributed by atoms with E-state index in [9.17, 15) is 9.90 Å². The van der Waals surface area contributed by atoms with Crippen LogP contribution in [0.1, 0.15) is 30.9 Å². The van der Waals surface area contributed by atoms with E-state index in [1.165, 1.54) is 0 Å². The van der Waals surface area contributed by atoms with Gasteiger partial charge in [-0.15, -0.1) is 0 Å². The van der Waals surface area contributed by atoms with Gasteiger partial charge in [-0.1, -0.05) is 37.6 Å². The maximum absolute atomic E-state index is 11.4. The van der Waals surface area contributed by atoms with Crippen LogP contribution in [0.2, 0.25) is 0 Å². The largest absolute Gasteiger partial charge is 0.481 e. The lowest BCUT2D eigenvalue weighted by atomic mass is 9.89. The van der Waals surface area contributed by atoms with Gasteiger partial charge >= 0.3 is 5.97 Å². The lowest BCUT2D eigenvalue weighted by Gasteiger charge is -2.15. The van der Waals surface area contributed by atoms with Crippen LogP contribution in [0.5, 0.6) is 0 Å². The molecule has 2 unspecified atom stereocenters. The van der Waals surface area contributed by atoms with E-state index in [0.717, 1.165) is 24.0 Å². The zero-order valence-electron chi connectivity index (χ0n) is 9.16. The molecule has 2 rings (SSSR count). The summed E-state index contributed by atoms with van der Waals surface area (Å²) in [5.74, 6) is -0.347. The van der Waals surface area contributed by atoms with Crippen molar-refractivity contribution >= 4 is 5.97 Å². The Hall–Kier alpha value is -1.31. The summed E-state index contributed by atoms with van der Waals surface area (Å²) in [6, 6.07) is 7.83. The third-order valence-electron chi connectivity index (χ3n) is 3.61. The van der Waals surface area contributed by atoms with Gasteiger partial charge in [-0.25, -0.2) is 0 Å². The molecule has 1 aliphatic rings. The Morgan fingerprint density at radius 2 is 2.20 bits per heavy atom.